The highest BCUT2D eigenvalue weighted by Crippen LogP contribution is 2.47. The summed E-state index contributed by atoms with van der Waals surface area (Å²) >= 11 is 0. The van der Waals surface area contributed by atoms with Crippen molar-refractivity contribution in [2.24, 2.45) is 0 Å². The lowest BCUT2D eigenvalue weighted by Gasteiger charge is -2.20. The fraction of sp³-hybridized carbons (Fsp3) is 0.0282. The molecule has 2 aromatic heterocycles. The molecule has 85 heavy (non-hydrogen) atoms. The predicted molar refractivity (Wildman–Crippen MR) is 319 cm³/mol. The molecule has 0 saturated heterocycles. The number of hydrogen-bond donors (Lipinski definition) is 0. The van der Waals surface area contributed by atoms with Crippen LogP contribution in [0.25, 0.3) is 125 Å². The second kappa shape index (κ2) is 20.6. The van der Waals surface area contributed by atoms with Gasteiger partial charge in [-0.1, -0.05) is 60.7 Å². The maximum Gasteiger partial charge on any atom is 0.416 e. The highest BCUT2D eigenvalue weighted by Gasteiger charge is 2.32. The van der Waals surface area contributed by atoms with Crippen molar-refractivity contribution in [1.29, 1.82) is 31.6 Å². The summed E-state index contributed by atoms with van der Waals surface area (Å²) < 4.78 is 48.2. The zero-order chi connectivity index (χ0) is 59.4. The molecule has 0 aliphatic rings. The van der Waals surface area contributed by atoms with Gasteiger partial charge in [-0.05, 0) is 183 Å². The minimum absolute atomic E-state index is 0.0265. The molecule has 0 unspecified atom stereocenters. The van der Waals surface area contributed by atoms with Gasteiger partial charge < -0.3 is 9.13 Å². The van der Waals surface area contributed by atoms with E-state index in [0.717, 1.165) is 12.1 Å². The lowest BCUT2D eigenvalue weighted by Crippen LogP contribution is -2.06. The van der Waals surface area contributed by atoms with E-state index in [0.29, 0.717) is 122 Å². The molecule has 14 heteroatoms. The van der Waals surface area contributed by atoms with E-state index in [2.05, 4.69) is 51.0 Å². The Kier molecular flexibility index (Phi) is 12.8. The van der Waals surface area contributed by atoms with Gasteiger partial charge in [0.25, 0.3) is 0 Å². The van der Waals surface area contributed by atoms with E-state index < -0.39 is 11.7 Å². The van der Waals surface area contributed by atoms with Crippen molar-refractivity contribution in [3.05, 3.63) is 255 Å². The van der Waals surface area contributed by atoms with Crippen molar-refractivity contribution >= 4 is 60.7 Å². The van der Waals surface area contributed by atoms with E-state index in [9.17, 15) is 44.7 Å². The van der Waals surface area contributed by atoms with Crippen LogP contribution >= 0.6 is 0 Å². The van der Waals surface area contributed by atoms with Crippen LogP contribution in [0.1, 0.15) is 44.5 Å². The number of rotatable bonds is 7. The average molecular weight is 1100 g/mol. The minimum atomic E-state index is -4.73. The lowest BCUT2D eigenvalue weighted by atomic mass is 9.95. The Morgan fingerprint density at radius 3 is 1.19 bits per heavy atom. The number of hydrogen-bond acceptors (Lipinski definition) is 6. The zero-order valence-corrected chi connectivity index (χ0v) is 44.3. The number of alkyl halides is 3. The van der Waals surface area contributed by atoms with E-state index in [4.69, 9.17) is 19.7 Å². The van der Waals surface area contributed by atoms with Gasteiger partial charge in [0.05, 0.1) is 117 Å². The Balaban J connectivity index is 1.23. The van der Waals surface area contributed by atoms with Gasteiger partial charge in [-0.3, -0.25) is 0 Å². The highest BCUT2D eigenvalue weighted by molar-refractivity contribution is 6.15. The maximum absolute atomic E-state index is 14.8. The number of fused-ring (bicyclic) bond motifs is 6. The van der Waals surface area contributed by atoms with E-state index >= 15 is 0 Å². The number of aromatic nitrogens is 2. The van der Waals surface area contributed by atoms with Crippen molar-refractivity contribution in [2.75, 3.05) is 0 Å². The molecule has 0 radical (unpaired) electrons. The van der Waals surface area contributed by atoms with Gasteiger partial charge >= 0.3 is 6.18 Å². The first kappa shape index (κ1) is 52.7. The summed E-state index contributed by atoms with van der Waals surface area (Å²) in [7, 11) is 0. The third-order valence-corrected chi connectivity index (χ3v) is 15.2. The second-order valence-electron chi connectivity index (χ2n) is 20.0. The SMILES string of the molecule is [C-]#[N+]c1ccc(-c2ccc3c(c2)c2cc(-c4ccc(C#N)cc4[N+]#[C-])ccc2n3-c2cc([N+]#[C-])c(-c3cc(C)cc(C(F)(F)F)c3)cc2-n2c3ccc(-c4ccc(C#N)cc4C#N)cc3c3cc(-c4ccc(C#N)cc4C#N)ccc32)c(C#N)c1. The van der Waals surface area contributed by atoms with Gasteiger partial charge in [0.1, 0.15) is 0 Å². The summed E-state index contributed by atoms with van der Waals surface area (Å²) in [5, 5.41) is 63.1. The number of nitrogens with zero attached hydrogens (tertiary/aromatic N) is 11. The van der Waals surface area contributed by atoms with Crippen LogP contribution in [0, 0.1) is 94.6 Å². The molecule has 0 aliphatic heterocycles. The minimum Gasteiger partial charge on any atom is -0.308 e. The molecule has 0 spiro atoms. The highest BCUT2D eigenvalue weighted by atomic mass is 19.4. The molecule has 0 fully saturated rings. The first-order valence-corrected chi connectivity index (χ1v) is 25.9. The van der Waals surface area contributed by atoms with Crippen LogP contribution in [-0.4, -0.2) is 9.13 Å². The van der Waals surface area contributed by atoms with Crippen molar-refractivity contribution in [3.63, 3.8) is 0 Å². The molecule has 12 rings (SSSR count). The van der Waals surface area contributed by atoms with Crippen LogP contribution < -0.4 is 0 Å². The summed E-state index contributed by atoms with van der Waals surface area (Å²) in [6, 6.07) is 62.0. The Hall–Kier alpha value is -13.0. The van der Waals surface area contributed by atoms with Crippen molar-refractivity contribution in [1.82, 2.24) is 9.13 Å². The molecule has 0 atom stereocenters. The molecule has 0 aliphatic carbocycles. The van der Waals surface area contributed by atoms with Crippen LogP contribution in [-0.2, 0) is 6.18 Å². The summed E-state index contributed by atoms with van der Waals surface area (Å²) in [5.74, 6) is 0. The molecule has 10 aromatic carbocycles. The van der Waals surface area contributed by atoms with E-state index in [1.807, 2.05) is 81.9 Å². The largest absolute Gasteiger partial charge is 0.416 e. The van der Waals surface area contributed by atoms with Crippen LogP contribution in [0.3, 0.4) is 0 Å². The molecular formula is C71H32F3N11. The number of benzene rings is 10. The molecular weight excluding hydrogens is 1060 g/mol. The van der Waals surface area contributed by atoms with Crippen molar-refractivity contribution < 1.29 is 13.2 Å². The zero-order valence-electron chi connectivity index (χ0n) is 44.3. The Morgan fingerprint density at radius 1 is 0.365 bits per heavy atom. The molecule has 2 heterocycles. The van der Waals surface area contributed by atoms with Gasteiger partial charge in [0.15, 0.2) is 17.1 Å². The molecule has 0 amide bonds. The van der Waals surface area contributed by atoms with Crippen molar-refractivity contribution in [2.45, 2.75) is 13.1 Å². The monoisotopic (exact) mass is 1100 g/mol. The van der Waals surface area contributed by atoms with Gasteiger partial charge in [-0.2, -0.15) is 44.7 Å². The number of aryl methyl sites for hydroxylation is 1. The normalized spacial score (nSPS) is 11.0. The Labute approximate surface area is 483 Å². The quantitative estimate of drug-likeness (QED) is 0.144. The average Bonchev–Trinajstić information content (AvgIpc) is 2.00. The Bertz CT molecular complexity index is 5120. The fourth-order valence-corrected chi connectivity index (χ4v) is 11.4. The fourth-order valence-electron chi connectivity index (χ4n) is 11.4. The van der Waals surface area contributed by atoms with Crippen LogP contribution in [0.2, 0.25) is 0 Å². The standard InChI is InChI=1S/C71H32F3N11/c1-40-21-48(26-52(22-40)71(72,73)74)58-32-69(84-65-17-8-44(54-13-5-41(34-75)23-49(54)37-78)28-59(65)60-29-45(9-18-66(60)84)55-14-6-42(35-76)24-50(55)38-79)70(33-64(58)83-4)85-67-19-10-46(56-16-12-53(81-2)27-51(56)39-80)30-61(67)62-31-47(11-20-68(62)85)57-15-7-43(36-77)25-63(57)82-3/h5-33H,1H3. The first-order chi connectivity index (χ1) is 41.2. The van der Waals surface area contributed by atoms with E-state index in [1.54, 1.807) is 73.7 Å². The van der Waals surface area contributed by atoms with E-state index in [-0.39, 0.29) is 44.9 Å². The van der Waals surface area contributed by atoms with E-state index in [1.165, 1.54) is 24.3 Å². The lowest BCUT2D eigenvalue weighted by molar-refractivity contribution is -0.137. The van der Waals surface area contributed by atoms with Gasteiger partial charge in [-0.25, -0.2) is 14.5 Å². The number of nitriles is 6. The Morgan fingerprint density at radius 2 is 0.765 bits per heavy atom. The summed E-state index contributed by atoms with van der Waals surface area (Å²) in [5.41, 5.74) is 9.94. The number of halogens is 3. The molecule has 0 saturated carbocycles. The smallest absolute Gasteiger partial charge is 0.308 e. The summed E-state index contributed by atoms with van der Waals surface area (Å²) in [6.07, 6.45) is -4.73. The van der Waals surface area contributed by atoms with Crippen LogP contribution in [0.15, 0.2) is 176 Å². The molecule has 0 bridgehead atoms. The van der Waals surface area contributed by atoms with Gasteiger partial charge in [0, 0.05) is 32.7 Å². The first-order valence-electron chi connectivity index (χ1n) is 25.9. The van der Waals surface area contributed by atoms with Crippen LogP contribution in [0.4, 0.5) is 30.2 Å². The maximum atomic E-state index is 14.8. The van der Waals surface area contributed by atoms with Gasteiger partial charge in [0.2, 0.25) is 0 Å². The molecule has 392 valence electrons. The second-order valence-corrected chi connectivity index (χ2v) is 20.0. The predicted octanol–water partition coefficient (Wildman–Crippen LogP) is 18.4. The molecule has 12 aromatic rings. The topological polar surface area (TPSA) is 166 Å². The van der Waals surface area contributed by atoms with Crippen molar-refractivity contribution in [3.8, 4) is 103 Å². The molecule has 0 N–H and O–H groups in total. The molecule has 11 nitrogen and oxygen atoms in total. The summed E-state index contributed by atoms with van der Waals surface area (Å²) in [4.78, 5) is 11.3. The van der Waals surface area contributed by atoms with Gasteiger partial charge in [-0.15, -0.1) is 0 Å². The third-order valence-electron chi connectivity index (χ3n) is 15.2. The summed E-state index contributed by atoms with van der Waals surface area (Å²) in [6.45, 7) is 26.0. The third kappa shape index (κ3) is 8.89. The van der Waals surface area contributed by atoms with Crippen LogP contribution in [0.5, 0.6) is 0 Å².